The van der Waals surface area contributed by atoms with Crippen molar-refractivity contribution in [3.8, 4) is 11.8 Å². The first kappa shape index (κ1) is 14.8. The van der Waals surface area contributed by atoms with Crippen LogP contribution in [0.3, 0.4) is 0 Å². The summed E-state index contributed by atoms with van der Waals surface area (Å²) in [5, 5.41) is 2.89. The first-order valence-electron chi connectivity index (χ1n) is 6.68. The standard InChI is InChI=1S/C17H17N3O/c1-13-15(7-3-9-18)6-2-8-16(13)17(21)20-12-14-5-4-10-19-11-14/h2,4-6,8,10-11H,9,12,18H2,1H3,(H,20,21). The number of aromatic nitrogens is 1. The topological polar surface area (TPSA) is 68.0 Å². The molecule has 0 aliphatic carbocycles. The van der Waals surface area contributed by atoms with Crippen LogP contribution in [0.2, 0.25) is 0 Å². The molecule has 0 saturated heterocycles. The number of hydrogen-bond donors (Lipinski definition) is 2. The van der Waals surface area contributed by atoms with Crippen molar-refractivity contribution in [3.63, 3.8) is 0 Å². The molecule has 1 heterocycles. The summed E-state index contributed by atoms with van der Waals surface area (Å²) in [6, 6.07) is 9.27. The molecule has 0 aliphatic heterocycles. The van der Waals surface area contributed by atoms with Crippen molar-refractivity contribution in [1.82, 2.24) is 10.3 Å². The molecule has 0 spiro atoms. The minimum Gasteiger partial charge on any atom is -0.348 e. The number of nitrogens with one attached hydrogen (secondary N) is 1. The molecule has 0 atom stereocenters. The minimum atomic E-state index is -0.118. The Morgan fingerprint density at radius 3 is 2.90 bits per heavy atom. The van der Waals surface area contributed by atoms with Gasteiger partial charge >= 0.3 is 0 Å². The van der Waals surface area contributed by atoms with E-state index in [-0.39, 0.29) is 5.91 Å². The summed E-state index contributed by atoms with van der Waals surface area (Å²) in [6.07, 6.45) is 3.44. The Morgan fingerprint density at radius 1 is 1.33 bits per heavy atom. The third kappa shape index (κ3) is 3.91. The second-order valence-electron chi connectivity index (χ2n) is 4.53. The number of hydrogen-bond acceptors (Lipinski definition) is 3. The molecular formula is C17H17N3O. The monoisotopic (exact) mass is 279 g/mol. The minimum absolute atomic E-state index is 0.118. The largest absolute Gasteiger partial charge is 0.348 e. The van der Waals surface area contributed by atoms with Gasteiger partial charge in [0.05, 0.1) is 6.54 Å². The van der Waals surface area contributed by atoms with Gasteiger partial charge in [0.15, 0.2) is 0 Å². The van der Waals surface area contributed by atoms with Crippen molar-refractivity contribution >= 4 is 5.91 Å². The molecule has 0 unspecified atom stereocenters. The Balaban J connectivity index is 2.12. The summed E-state index contributed by atoms with van der Waals surface area (Å²) in [6.45, 7) is 2.64. The molecule has 0 aliphatic rings. The molecule has 3 N–H and O–H groups in total. The average molecular weight is 279 g/mol. The maximum absolute atomic E-state index is 12.3. The van der Waals surface area contributed by atoms with Crippen LogP contribution in [0.25, 0.3) is 0 Å². The fraction of sp³-hybridized carbons (Fsp3) is 0.176. The Hall–Kier alpha value is -2.64. The lowest BCUT2D eigenvalue weighted by atomic mass is 10.0. The summed E-state index contributed by atoms with van der Waals surface area (Å²) < 4.78 is 0. The highest BCUT2D eigenvalue weighted by molar-refractivity contribution is 5.96. The molecule has 106 valence electrons. The van der Waals surface area contributed by atoms with Crippen molar-refractivity contribution in [1.29, 1.82) is 0 Å². The molecular weight excluding hydrogens is 262 g/mol. The van der Waals surface area contributed by atoms with E-state index in [1.54, 1.807) is 18.5 Å². The zero-order valence-electron chi connectivity index (χ0n) is 11.9. The summed E-state index contributed by atoms with van der Waals surface area (Å²) in [4.78, 5) is 16.3. The van der Waals surface area contributed by atoms with E-state index in [9.17, 15) is 4.79 Å². The molecule has 0 bridgehead atoms. The van der Waals surface area contributed by atoms with Crippen molar-refractivity contribution in [2.24, 2.45) is 5.73 Å². The molecule has 0 fully saturated rings. The van der Waals surface area contributed by atoms with Gasteiger partial charge in [-0.05, 0) is 36.2 Å². The summed E-state index contributed by atoms with van der Waals surface area (Å²) >= 11 is 0. The van der Waals surface area contributed by atoms with Gasteiger partial charge in [0.2, 0.25) is 0 Å². The van der Waals surface area contributed by atoms with E-state index in [1.165, 1.54) is 0 Å². The van der Waals surface area contributed by atoms with Crippen molar-refractivity contribution < 1.29 is 4.79 Å². The number of rotatable bonds is 3. The van der Waals surface area contributed by atoms with Gasteiger partial charge in [-0.15, -0.1) is 0 Å². The van der Waals surface area contributed by atoms with E-state index >= 15 is 0 Å². The molecule has 0 saturated carbocycles. The van der Waals surface area contributed by atoms with Crippen LogP contribution in [-0.2, 0) is 6.54 Å². The predicted octanol–water partition coefficient (Wildman–Crippen LogP) is 1.63. The number of nitrogens with zero attached hydrogens (tertiary/aromatic N) is 1. The van der Waals surface area contributed by atoms with E-state index in [2.05, 4.69) is 22.1 Å². The molecule has 1 amide bonds. The summed E-state index contributed by atoms with van der Waals surface area (Å²) in [7, 11) is 0. The van der Waals surface area contributed by atoms with Gasteiger partial charge in [0, 0.05) is 30.1 Å². The molecule has 4 heteroatoms. The zero-order chi connectivity index (χ0) is 15.1. The lowest BCUT2D eigenvalue weighted by Gasteiger charge is -2.09. The third-order valence-electron chi connectivity index (χ3n) is 3.08. The average Bonchev–Trinajstić information content (AvgIpc) is 2.52. The van der Waals surface area contributed by atoms with Crippen LogP contribution in [0, 0.1) is 18.8 Å². The van der Waals surface area contributed by atoms with E-state index in [0.717, 1.165) is 16.7 Å². The van der Waals surface area contributed by atoms with Gasteiger partial charge in [-0.1, -0.05) is 24.0 Å². The van der Waals surface area contributed by atoms with Gasteiger partial charge in [0.25, 0.3) is 5.91 Å². The molecule has 0 radical (unpaired) electrons. The summed E-state index contributed by atoms with van der Waals surface area (Å²) in [5.74, 6) is 5.67. The highest BCUT2D eigenvalue weighted by atomic mass is 16.1. The molecule has 21 heavy (non-hydrogen) atoms. The normalized spacial score (nSPS) is 9.62. The van der Waals surface area contributed by atoms with Gasteiger partial charge in [0.1, 0.15) is 0 Å². The second kappa shape index (κ2) is 7.22. The van der Waals surface area contributed by atoms with Crippen LogP contribution in [-0.4, -0.2) is 17.4 Å². The third-order valence-corrected chi connectivity index (χ3v) is 3.08. The number of benzene rings is 1. The Bertz CT molecular complexity index is 684. The Morgan fingerprint density at radius 2 is 2.19 bits per heavy atom. The fourth-order valence-electron chi connectivity index (χ4n) is 1.94. The van der Waals surface area contributed by atoms with Crippen LogP contribution in [0.4, 0.5) is 0 Å². The Labute approximate surface area is 124 Å². The first-order chi connectivity index (χ1) is 10.2. The molecule has 1 aromatic heterocycles. The van der Waals surface area contributed by atoms with Crippen molar-refractivity contribution in [2.75, 3.05) is 6.54 Å². The first-order valence-corrected chi connectivity index (χ1v) is 6.68. The van der Waals surface area contributed by atoms with E-state index in [4.69, 9.17) is 5.73 Å². The molecule has 2 aromatic rings. The number of amides is 1. The predicted molar refractivity (Wildman–Crippen MR) is 82.5 cm³/mol. The quantitative estimate of drug-likeness (QED) is 0.839. The van der Waals surface area contributed by atoms with Crippen molar-refractivity contribution in [3.05, 3.63) is 65.0 Å². The highest BCUT2D eigenvalue weighted by Crippen LogP contribution is 2.13. The van der Waals surface area contributed by atoms with Crippen LogP contribution in [0.15, 0.2) is 42.7 Å². The zero-order valence-corrected chi connectivity index (χ0v) is 11.9. The Kier molecular flexibility index (Phi) is 5.08. The maximum Gasteiger partial charge on any atom is 0.251 e. The van der Waals surface area contributed by atoms with Gasteiger partial charge in [-0.2, -0.15) is 0 Å². The van der Waals surface area contributed by atoms with Crippen LogP contribution in [0.5, 0.6) is 0 Å². The number of carbonyl (C=O) groups is 1. The van der Waals surface area contributed by atoms with Crippen molar-refractivity contribution in [2.45, 2.75) is 13.5 Å². The molecule has 4 nitrogen and oxygen atoms in total. The SMILES string of the molecule is Cc1c(C#CCN)cccc1C(=O)NCc1cccnc1. The lowest BCUT2D eigenvalue weighted by molar-refractivity contribution is 0.0950. The van der Waals surface area contributed by atoms with Crippen LogP contribution >= 0.6 is 0 Å². The number of pyridine rings is 1. The highest BCUT2D eigenvalue weighted by Gasteiger charge is 2.10. The van der Waals surface area contributed by atoms with Gasteiger partial charge in [-0.3, -0.25) is 9.78 Å². The molecule has 1 aromatic carbocycles. The van der Waals surface area contributed by atoms with E-state index < -0.39 is 0 Å². The second-order valence-corrected chi connectivity index (χ2v) is 4.53. The van der Waals surface area contributed by atoms with Gasteiger partial charge in [-0.25, -0.2) is 0 Å². The number of nitrogens with two attached hydrogens (primary N) is 1. The summed E-state index contributed by atoms with van der Waals surface area (Å²) in [5.41, 5.74) is 8.66. The van der Waals surface area contributed by atoms with E-state index in [0.29, 0.717) is 18.7 Å². The van der Waals surface area contributed by atoms with Crippen LogP contribution < -0.4 is 11.1 Å². The van der Waals surface area contributed by atoms with E-state index in [1.807, 2.05) is 31.2 Å². The fourth-order valence-corrected chi connectivity index (χ4v) is 1.94. The van der Waals surface area contributed by atoms with Gasteiger partial charge < -0.3 is 11.1 Å². The smallest absolute Gasteiger partial charge is 0.251 e. The number of carbonyl (C=O) groups excluding carboxylic acids is 1. The van der Waals surface area contributed by atoms with Crippen LogP contribution in [0.1, 0.15) is 27.0 Å². The molecule has 2 rings (SSSR count). The maximum atomic E-state index is 12.3. The lowest BCUT2D eigenvalue weighted by Crippen LogP contribution is -2.23.